The van der Waals surface area contributed by atoms with E-state index in [1.54, 1.807) is 0 Å². The van der Waals surface area contributed by atoms with Gasteiger partial charge in [0.1, 0.15) is 5.58 Å². The second-order valence-corrected chi connectivity index (χ2v) is 5.06. The van der Waals surface area contributed by atoms with Crippen LogP contribution < -0.4 is 10.3 Å². The van der Waals surface area contributed by atoms with E-state index in [0.29, 0.717) is 24.2 Å². The van der Waals surface area contributed by atoms with Crippen molar-refractivity contribution in [2.24, 2.45) is 0 Å². The number of anilines is 1. The van der Waals surface area contributed by atoms with Crippen LogP contribution in [0.15, 0.2) is 33.5 Å². The Morgan fingerprint density at radius 1 is 1.20 bits per heavy atom. The molecule has 0 radical (unpaired) electrons. The lowest BCUT2D eigenvalue weighted by Gasteiger charge is -2.28. The maximum atomic E-state index is 12.7. The van der Waals surface area contributed by atoms with Gasteiger partial charge in [-0.1, -0.05) is 25.5 Å². The first-order chi connectivity index (χ1) is 9.81. The van der Waals surface area contributed by atoms with Crippen LogP contribution >= 0.6 is 0 Å². The lowest BCUT2D eigenvalue weighted by molar-refractivity contribution is 0.120. The molecule has 3 rings (SSSR count). The van der Waals surface area contributed by atoms with Gasteiger partial charge in [0.25, 0.3) is 0 Å². The summed E-state index contributed by atoms with van der Waals surface area (Å²) in [5.41, 5.74) is 1.57. The van der Waals surface area contributed by atoms with Crippen molar-refractivity contribution in [1.82, 2.24) is 0 Å². The molecule has 1 saturated heterocycles. The summed E-state index contributed by atoms with van der Waals surface area (Å²) in [5.74, 6) is 0.735. The van der Waals surface area contributed by atoms with E-state index in [1.165, 1.54) is 0 Å². The Morgan fingerprint density at radius 2 is 1.95 bits per heavy atom. The number of nitrogens with zero attached hydrogens (tertiary/aromatic N) is 1. The van der Waals surface area contributed by atoms with Crippen molar-refractivity contribution >= 4 is 16.9 Å². The van der Waals surface area contributed by atoms with Gasteiger partial charge in [-0.15, -0.1) is 0 Å². The summed E-state index contributed by atoms with van der Waals surface area (Å²) in [6.45, 7) is 5.00. The molecule has 1 fully saturated rings. The highest BCUT2D eigenvalue weighted by atomic mass is 16.5. The van der Waals surface area contributed by atoms with Crippen LogP contribution in [-0.2, 0) is 11.2 Å². The van der Waals surface area contributed by atoms with Gasteiger partial charge >= 0.3 is 0 Å². The summed E-state index contributed by atoms with van der Waals surface area (Å²) in [5, 5.41) is 0.674. The number of morpholine rings is 1. The molecule has 0 bridgehead atoms. The number of para-hydroxylation sites is 1. The van der Waals surface area contributed by atoms with E-state index in [9.17, 15) is 4.79 Å². The summed E-state index contributed by atoms with van der Waals surface area (Å²) >= 11 is 0. The molecule has 2 heterocycles. The molecule has 0 N–H and O–H groups in total. The van der Waals surface area contributed by atoms with E-state index < -0.39 is 0 Å². The predicted octanol–water partition coefficient (Wildman–Crippen LogP) is 2.58. The first-order valence-corrected chi connectivity index (χ1v) is 7.18. The Bertz CT molecular complexity index is 656. The van der Waals surface area contributed by atoms with Crippen molar-refractivity contribution in [2.75, 3.05) is 31.2 Å². The van der Waals surface area contributed by atoms with Crippen molar-refractivity contribution in [2.45, 2.75) is 19.8 Å². The van der Waals surface area contributed by atoms with Gasteiger partial charge in [0, 0.05) is 13.1 Å². The molecule has 1 aromatic heterocycles. The van der Waals surface area contributed by atoms with Crippen LogP contribution in [0, 0.1) is 0 Å². The standard InChI is InChI=1S/C16H19NO3/c1-2-5-13-15(18)12-6-3-4-7-14(12)20-16(13)17-8-10-19-11-9-17/h3-4,6-7H,2,5,8-11H2,1H3. The molecule has 1 aliphatic rings. The molecule has 0 atom stereocenters. The fourth-order valence-corrected chi connectivity index (χ4v) is 2.66. The zero-order valence-corrected chi connectivity index (χ0v) is 11.7. The number of hydrogen-bond acceptors (Lipinski definition) is 4. The fourth-order valence-electron chi connectivity index (χ4n) is 2.66. The highest BCUT2D eigenvalue weighted by Gasteiger charge is 2.20. The summed E-state index contributed by atoms with van der Waals surface area (Å²) in [7, 11) is 0. The van der Waals surface area contributed by atoms with Crippen molar-refractivity contribution < 1.29 is 9.15 Å². The molecule has 2 aromatic rings. The summed E-state index contributed by atoms with van der Waals surface area (Å²) in [4.78, 5) is 14.8. The minimum absolute atomic E-state index is 0.107. The zero-order chi connectivity index (χ0) is 13.9. The van der Waals surface area contributed by atoms with E-state index in [2.05, 4.69) is 11.8 Å². The quantitative estimate of drug-likeness (QED) is 0.862. The monoisotopic (exact) mass is 273 g/mol. The zero-order valence-electron chi connectivity index (χ0n) is 11.7. The molecule has 0 aliphatic carbocycles. The predicted molar refractivity (Wildman–Crippen MR) is 79.5 cm³/mol. The van der Waals surface area contributed by atoms with Gasteiger partial charge < -0.3 is 14.1 Å². The molecule has 20 heavy (non-hydrogen) atoms. The van der Waals surface area contributed by atoms with Gasteiger partial charge in [0.15, 0.2) is 5.43 Å². The second-order valence-electron chi connectivity index (χ2n) is 5.06. The van der Waals surface area contributed by atoms with Gasteiger partial charge in [0.2, 0.25) is 5.88 Å². The van der Waals surface area contributed by atoms with E-state index in [-0.39, 0.29) is 5.43 Å². The first-order valence-electron chi connectivity index (χ1n) is 7.18. The van der Waals surface area contributed by atoms with Crippen molar-refractivity contribution in [3.8, 4) is 0 Å². The van der Waals surface area contributed by atoms with Crippen LogP contribution in [0.25, 0.3) is 11.0 Å². The number of ether oxygens (including phenoxy) is 1. The largest absolute Gasteiger partial charge is 0.440 e. The topological polar surface area (TPSA) is 42.7 Å². The van der Waals surface area contributed by atoms with E-state index in [1.807, 2.05) is 24.3 Å². The Morgan fingerprint density at radius 3 is 2.70 bits per heavy atom. The molecular formula is C16H19NO3. The smallest absolute Gasteiger partial charge is 0.203 e. The Hall–Kier alpha value is -1.81. The van der Waals surface area contributed by atoms with Gasteiger partial charge in [-0.25, -0.2) is 0 Å². The van der Waals surface area contributed by atoms with Crippen LogP contribution in [0.3, 0.4) is 0 Å². The molecule has 0 amide bonds. The molecule has 0 spiro atoms. The minimum Gasteiger partial charge on any atom is -0.440 e. The molecule has 4 heteroatoms. The van der Waals surface area contributed by atoms with Gasteiger partial charge in [0.05, 0.1) is 24.2 Å². The number of benzene rings is 1. The van der Waals surface area contributed by atoms with Crippen molar-refractivity contribution in [3.05, 3.63) is 40.1 Å². The van der Waals surface area contributed by atoms with Crippen molar-refractivity contribution in [3.63, 3.8) is 0 Å². The lowest BCUT2D eigenvalue weighted by Crippen LogP contribution is -2.37. The lowest BCUT2D eigenvalue weighted by atomic mass is 10.1. The molecule has 4 nitrogen and oxygen atoms in total. The Labute approximate surface area is 118 Å². The number of hydrogen-bond donors (Lipinski definition) is 0. The van der Waals surface area contributed by atoms with E-state index >= 15 is 0 Å². The van der Waals surface area contributed by atoms with Crippen LogP contribution in [0.4, 0.5) is 5.88 Å². The fraction of sp³-hybridized carbons (Fsp3) is 0.438. The average Bonchev–Trinajstić information content (AvgIpc) is 2.51. The summed E-state index contributed by atoms with van der Waals surface area (Å²) < 4.78 is 11.4. The minimum atomic E-state index is 0.107. The maximum absolute atomic E-state index is 12.7. The normalized spacial score (nSPS) is 15.8. The molecule has 0 unspecified atom stereocenters. The molecule has 106 valence electrons. The molecule has 1 aromatic carbocycles. The van der Waals surface area contributed by atoms with Crippen LogP contribution in [0.2, 0.25) is 0 Å². The first kappa shape index (κ1) is 13.2. The van der Waals surface area contributed by atoms with Gasteiger partial charge in [-0.2, -0.15) is 0 Å². The van der Waals surface area contributed by atoms with Crippen LogP contribution in [-0.4, -0.2) is 26.3 Å². The van der Waals surface area contributed by atoms with Gasteiger partial charge in [-0.05, 0) is 18.6 Å². The highest BCUT2D eigenvalue weighted by molar-refractivity contribution is 5.79. The summed E-state index contributed by atoms with van der Waals surface area (Å²) in [6, 6.07) is 7.47. The Kier molecular flexibility index (Phi) is 3.74. The third-order valence-corrected chi connectivity index (χ3v) is 3.67. The maximum Gasteiger partial charge on any atom is 0.203 e. The number of fused-ring (bicyclic) bond motifs is 1. The SMILES string of the molecule is CCCc1c(N2CCOCC2)oc2ccccc2c1=O. The average molecular weight is 273 g/mol. The summed E-state index contributed by atoms with van der Waals surface area (Å²) in [6.07, 6.45) is 1.68. The molecule has 0 saturated carbocycles. The van der Waals surface area contributed by atoms with Gasteiger partial charge in [-0.3, -0.25) is 4.79 Å². The Balaban J connectivity index is 2.17. The second kappa shape index (κ2) is 5.67. The van der Waals surface area contributed by atoms with E-state index in [4.69, 9.17) is 9.15 Å². The van der Waals surface area contributed by atoms with E-state index in [0.717, 1.165) is 37.4 Å². The van der Waals surface area contributed by atoms with Crippen LogP contribution in [0.1, 0.15) is 18.9 Å². The third kappa shape index (κ3) is 2.31. The highest BCUT2D eigenvalue weighted by Crippen LogP contribution is 2.25. The molecule has 1 aliphatic heterocycles. The third-order valence-electron chi connectivity index (χ3n) is 3.67. The van der Waals surface area contributed by atoms with Crippen molar-refractivity contribution in [1.29, 1.82) is 0 Å². The molecular weight excluding hydrogens is 254 g/mol. The van der Waals surface area contributed by atoms with Crippen LogP contribution in [0.5, 0.6) is 0 Å². The number of rotatable bonds is 3.